The number of rotatable bonds is 3. The van der Waals surface area contributed by atoms with Gasteiger partial charge in [0.2, 0.25) is 0 Å². The molecule has 1 fully saturated rings. The van der Waals surface area contributed by atoms with Crippen molar-refractivity contribution >= 4 is 5.82 Å². The van der Waals surface area contributed by atoms with E-state index in [1.165, 1.54) is 25.9 Å². The number of nitrogens with zero attached hydrogens (tertiary/aromatic N) is 3. The summed E-state index contributed by atoms with van der Waals surface area (Å²) < 4.78 is 0. The maximum absolute atomic E-state index is 4.59. The average molecular weight is 234 g/mol. The summed E-state index contributed by atoms with van der Waals surface area (Å²) in [5, 5.41) is 3.05. The second-order valence-corrected chi connectivity index (χ2v) is 4.98. The molecule has 0 aliphatic carbocycles. The molecule has 4 nitrogen and oxygen atoms in total. The fourth-order valence-corrected chi connectivity index (χ4v) is 2.41. The van der Waals surface area contributed by atoms with Crippen molar-refractivity contribution in [1.29, 1.82) is 0 Å². The molecular weight excluding hydrogens is 212 g/mol. The lowest BCUT2D eigenvalue weighted by molar-refractivity contribution is 0.170. The predicted molar refractivity (Wildman–Crippen MR) is 70.3 cm³/mol. The van der Waals surface area contributed by atoms with Gasteiger partial charge in [-0.05, 0) is 39.8 Å². The fraction of sp³-hybridized carbons (Fsp3) is 0.692. The third kappa shape index (κ3) is 2.94. The van der Waals surface area contributed by atoms with Crippen molar-refractivity contribution in [3.05, 3.63) is 18.1 Å². The number of nitrogens with one attached hydrogen (secondary N) is 1. The van der Waals surface area contributed by atoms with Crippen molar-refractivity contribution in [3.63, 3.8) is 0 Å². The molecule has 1 N–H and O–H groups in total. The summed E-state index contributed by atoms with van der Waals surface area (Å²) in [4.78, 5) is 11.4. The Morgan fingerprint density at radius 1 is 1.29 bits per heavy atom. The van der Waals surface area contributed by atoms with Crippen molar-refractivity contribution < 1.29 is 0 Å². The Morgan fingerprint density at radius 3 is 2.59 bits per heavy atom. The van der Waals surface area contributed by atoms with Gasteiger partial charge in [0.05, 0.1) is 11.9 Å². The number of hydrogen-bond donors (Lipinski definition) is 1. The molecule has 1 aromatic rings. The van der Waals surface area contributed by atoms with Crippen LogP contribution in [0.1, 0.15) is 38.3 Å². The molecule has 1 saturated heterocycles. The van der Waals surface area contributed by atoms with Crippen LogP contribution in [0.5, 0.6) is 0 Å². The highest BCUT2D eigenvalue weighted by molar-refractivity contribution is 5.31. The first-order chi connectivity index (χ1) is 8.20. The lowest BCUT2D eigenvalue weighted by Gasteiger charge is -2.34. The first kappa shape index (κ1) is 12.3. The molecule has 1 aliphatic rings. The van der Waals surface area contributed by atoms with Crippen LogP contribution in [0.3, 0.4) is 0 Å². The van der Waals surface area contributed by atoms with Crippen LogP contribution in [0.25, 0.3) is 0 Å². The Bertz CT molecular complexity index is 356. The molecule has 94 valence electrons. The van der Waals surface area contributed by atoms with Crippen LogP contribution in [0.2, 0.25) is 0 Å². The Balaban J connectivity index is 2.00. The molecule has 0 aromatic carbocycles. The van der Waals surface area contributed by atoms with Gasteiger partial charge in [0.15, 0.2) is 0 Å². The third-order valence-corrected chi connectivity index (χ3v) is 3.59. The number of hydrogen-bond acceptors (Lipinski definition) is 4. The van der Waals surface area contributed by atoms with Crippen LogP contribution in [-0.2, 0) is 0 Å². The van der Waals surface area contributed by atoms with Gasteiger partial charge in [0.1, 0.15) is 5.82 Å². The van der Waals surface area contributed by atoms with E-state index in [1.807, 2.05) is 13.2 Å². The first-order valence-corrected chi connectivity index (χ1v) is 6.44. The summed E-state index contributed by atoms with van der Waals surface area (Å²) in [5.74, 6) is 1.44. The fourth-order valence-electron chi connectivity index (χ4n) is 2.41. The number of aromatic nitrogens is 2. The van der Waals surface area contributed by atoms with Crippen LogP contribution in [-0.4, -0.2) is 41.0 Å². The molecule has 0 atom stereocenters. The molecular formula is C13H22N4. The minimum atomic E-state index is 0.575. The minimum absolute atomic E-state index is 0.575. The maximum atomic E-state index is 4.59. The van der Waals surface area contributed by atoms with Crippen LogP contribution >= 0.6 is 0 Å². The zero-order chi connectivity index (χ0) is 12.3. The molecule has 4 heteroatoms. The van der Waals surface area contributed by atoms with E-state index in [9.17, 15) is 0 Å². The highest BCUT2D eigenvalue weighted by Gasteiger charge is 2.23. The standard InChI is InChI=1S/C13H22N4/c1-10(2)17-6-4-11(5-7-17)12-8-15-9-13(14-3)16-12/h8-11H,4-7H2,1-3H3,(H,14,16). The van der Waals surface area contributed by atoms with Crippen LogP contribution in [0.15, 0.2) is 12.4 Å². The number of likely N-dealkylation sites (tertiary alicyclic amines) is 1. The molecule has 1 aromatic heterocycles. The lowest BCUT2D eigenvalue weighted by Crippen LogP contribution is -2.38. The van der Waals surface area contributed by atoms with Crippen LogP contribution in [0.4, 0.5) is 5.82 Å². The van der Waals surface area contributed by atoms with Gasteiger partial charge >= 0.3 is 0 Å². The van der Waals surface area contributed by atoms with Gasteiger partial charge in [-0.2, -0.15) is 0 Å². The molecule has 0 spiro atoms. The second-order valence-electron chi connectivity index (χ2n) is 4.98. The molecule has 0 radical (unpaired) electrons. The summed E-state index contributed by atoms with van der Waals surface area (Å²) in [7, 11) is 1.88. The molecule has 2 heterocycles. The summed E-state index contributed by atoms with van der Waals surface area (Å²) in [6.45, 7) is 6.88. The Kier molecular flexibility index (Phi) is 3.94. The van der Waals surface area contributed by atoms with Crippen molar-refractivity contribution in [2.75, 3.05) is 25.5 Å². The van der Waals surface area contributed by atoms with E-state index in [-0.39, 0.29) is 0 Å². The zero-order valence-corrected chi connectivity index (χ0v) is 11.0. The highest BCUT2D eigenvalue weighted by Crippen LogP contribution is 2.27. The SMILES string of the molecule is CNc1cncc(C2CCN(C(C)C)CC2)n1. The van der Waals surface area contributed by atoms with E-state index in [1.54, 1.807) is 6.20 Å². The van der Waals surface area contributed by atoms with E-state index >= 15 is 0 Å². The van der Waals surface area contributed by atoms with E-state index in [0.29, 0.717) is 12.0 Å². The van der Waals surface area contributed by atoms with E-state index in [2.05, 4.69) is 34.0 Å². The normalized spacial score (nSPS) is 18.6. The van der Waals surface area contributed by atoms with Gasteiger partial charge in [0, 0.05) is 25.2 Å². The molecule has 17 heavy (non-hydrogen) atoms. The Hall–Kier alpha value is -1.16. The van der Waals surface area contributed by atoms with E-state index in [4.69, 9.17) is 0 Å². The summed E-state index contributed by atoms with van der Waals surface area (Å²) >= 11 is 0. The number of anilines is 1. The summed E-state index contributed by atoms with van der Waals surface area (Å²) in [6, 6.07) is 0.658. The first-order valence-electron chi connectivity index (χ1n) is 6.44. The smallest absolute Gasteiger partial charge is 0.144 e. The van der Waals surface area contributed by atoms with Gasteiger partial charge in [0.25, 0.3) is 0 Å². The second kappa shape index (κ2) is 5.45. The van der Waals surface area contributed by atoms with E-state index in [0.717, 1.165) is 11.5 Å². The molecule has 0 unspecified atom stereocenters. The van der Waals surface area contributed by atoms with Gasteiger partial charge in [-0.25, -0.2) is 4.98 Å². The molecule has 0 amide bonds. The van der Waals surface area contributed by atoms with Gasteiger partial charge in [-0.3, -0.25) is 4.98 Å². The largest absolute Gasteiger partial charge is 0.372 e. The predicted octanol–water partition coefficient (Wildman–Crippen LogP) is 2.11. The van der Waals surface area contributed by atoms with Crippen LogP contribution in [0, 0.1) is 0 Å². The molecule has 2 rings (SSSR count). The van der Waals surface area contributed by atoms with Gasteiger partial charge in [-0.15, -0.1) is 0 Å². The minimum Gasteiger partial charge on any atom is -0.372 e. The molecule has 0 saturated carbocycles. The zero-order valence-electron chi connectivity index (χ0n) is 11.0. The van der Waals surface area contributed by atoms with Crippen LogP contribution < -0.4 is 5.32 Å². The highest BCUT2D eigenvalue weighted by atomic mass is 15.1. The lowest BCUT2D eigenvalue weighted by atomic mass is 9.93. The topological polar surface area (TPSA) is 41.1 Å². The summed E-state index contributed by atoms with van der Waals surface area (Å²) in [6.07, 6.45) is 6.07. The number of piperidine rings is 1. The third-order valence-electron chi connectivity index (χ3n) is 3.59. The summed E-state index contributed by atoms with van der Waals surface area (Å²) in [5.41, 5.74) is 1.14. The van der Waals surface area contributed by atoms with Crippen molar-refractivity contribution in [3.8, 4) is 0 Å². The van der Waals surface area contributed by atoms with Crippen molar-refractivity contribution in [1.82, 2.24) is 14.9 Å². The van der Waals surface area contributed by atoms with Crippen molar-refractivity contribution in [2.45, 2.75) is 38.6 Å². The average Bonchev–Trinajstić information content (AvgIpc) is 2.39. The van der Waals surface area contributed by atoms with E-state index < -0.39 is 0 Å². The van der Waals surface area contributed by atoms with Gasteiger partial charge in [-0.1, -0.05) is 0 Å². The Morgan fingerprint density at radius 2 is 2.00 bits per heavy atom. The van der Waals surface area contributed by atoms with Gasteiger partial charge < -0.3 is 10.2 Å². The monoisotopic (exact) mass is 234 g/mol. The van der Waals surface area contributed by atoms with Crippen molar-refractivity contribution in [2.24, 2.45) is 0 Å². The maximum Gasteiger partial charge on any atom is 0.144 e. The quantitative estimate of drug-likeness (QED) is 0.869. The molecule has 0 bridgehead atoms. The Labute approximate surface area is 103 Å². The molecule has 1 aliphatic heterocycles.